The summed E-state index contributed by atoms with van der Waals surface area (Å²) in [6.07, 6.45) is 4.00. The second-order valence-electron chi connectivity index (χ2n) is 7.59. The van der Waals surface area contributed by atoms with Crippen molar-refractivity contribution in [3.05, 3.63) is 57.5 Å². The van der Waals surface area contributed by atoms with E-state index in [2.05, 4.69) is 5.32 Å². The van der Waals surface area contributed by atoms with Crippen LogP contribution in [0.2, 0.25) is 0 Å². The van der Waals surface area contributed by atoms with Crippen LogP contribution in [0.4, 0.5) is 5.69 Å². The van der Waals surface area contributed by atoms with Crippen molar-refractivity contribution < 1.29 is 13.2 Å². The molecule has 8 heteroatoms. The third kappa shape index (κ3) is 4.59. The van der Waals surface area contributed by atoms with Crippen molar-refractivity contribution in [1.82, 2.24) is 8.87 Å². The number of benzene rings is 1. The van der Waals surface area contributed by atoms with Crippen LogP contribution in [-0.2, 0) is 21.4 Å². The number of hydrogen-bond acceptors (Lipinski definition) is 4. The number of carbonyl (C=O) groups excluding carboxylic acids is 1. The lowest BCUT2D eigenvalue weighted by Gasteiger charge is -2.25. The van der Waals surface area contributed by atoms with Gasteiger partial charge in [-0.15, -0.1) is 0 Å². The molecule has 7 nitrogen and oxygen atoms in total. The molecule has 29 heavy (non-hydrogen) atoms. The Bertz CT molecular complexity index is 1060. The van der Waals surface area contributed by atoms with Gasteiger partial charge in [0.15, 0.2) is 0 Å². The maximum absolute atomic E-state index is 12.9. The van der Waals surface area contributed by atoms with Crippen LogP contribution in [0, 0.1) is 20.8 Å². The Morgan fingerprint density at radius 1 is 1.07 bits per heavy atom. The predicted octanol–water partition coefficient (Wildman–Crippen LogP) is 2.59. The standard InChI is InChI=1S/C21H27N3O4S/c1-15-12-16(2)20(17(3)13-15)22-19(25)14-23-9-7-8-18(21(23)26)29(27,28)24-10-5-4-6-11-24/h7-9,12-13H,4-6,10-11,14H2,1-3H3,(H,22,25). The molecule has 0 atom stereocenters. The van der Waals surface area contributed by atoms with Gasteiger partial charge in [0, 0.05) is 25.0 Å². The first-order valence-electron chi connectivity index (χ1n) is 9.77. The number of sulfonamides is 1. The quantitative estimate of drug-likeness (QED) is 0.810. The summed E-state index contributed by atoms with van der Waals surface area (Å²) in [5, 5.41) is 2.84. The molecule has 0 bridgehead atoms. The largest absolute Gasteiger partial charge is 0.324 e. The molecule has 1 aromatic heterocycles. The van der Waals surface area contributed by atoms with Crippen molar-refractivity contribution in [2.45, 2.75) is 51.5 Å². The number of aromatic nitrogens is 1. The number of hydrogen-bond donors (Lipinski definition) is 1. The summed E-state index contributed by atoms with van der Waals surface area (Å²) in [7, 11) is -3.86. The van der Waals surface area contributed by atoms with Gasteiger partial charge in [0.2, 0.25) is 15.9 Å². The van der Waals surface area contributed by atoms with Crippen LogP contribution < -0.4 is 10.9 Å². The van der Waals surface area contributed by atoms with E-state index in [1.54, 1.807) is 0 Å². The Kier molecular flexibility index (Phi) is 6.24. The van der Waals surface area contributed by atoms with Crippen LogP contribution in [0.15, 0.2) is 40.2 Å². The van der Waals surface area contributed by atoms with Crippen molar-refractivity contribution in [1.29, 1.82) is 0 Å². The van der Waals surface area contributed by atoms with Gasteiger partial charge in [0.05, 0.1) is 0 Å². The molecule has 0 radical (unpaired) electrons. The zero-order valence-electron chi connectivity index (χ0n) is 17.1. The van der Waals surface area contributed by atoms with Gasteiger partial charge in [0.1, 0.15) is 11.4 Å². The molecule has 0 unspecified atom stereocenters. The minimum Gasteiger partial charge on any atom is -0.324 e. The molecule has 2 heterocycles. The predicted molar refractivity (Wildman–Crippen MR) is 113 cm³/mol. The van der Waals surface area contributed by atoms with E-state index in [4.69, 9.17) is 0 Å². The van der Waals surface area contributed by atoms with E-state index in [-0.39, 0.29) is 17.3 Å². The zero-order valence-corrected chi connectivity index (χ0v) is 17.9. The summed E-state index contributed by atoms with van der Waals surface area (Å²) >= 11 is 0. The summed E-state index contributed by atoms with van der Waals surface area (Å²) in [6, 6.07) is 6.75. The lowest BCUT2D eigenvalue weighted by atomic mass is 10.1. The number of carbonyl (C=O) groups is 1. The van der Waals surface area contributed by atoms with Gasteiger partial charge in [0.25, 0.3) is 5.56 Å². The molecule has 0 spiro atoms. The number of amides is 1. The first-order chi connectivity index (χ1) is 13.7. The molecule has 1 fully saturated rings. The van der Waals surface area contributed by atoms with Crippen molar-refractivity contribution in [3.63, 3.8) is 0 Å². The molecule has 156 valence electrons. The minimum absolute atomic E-state index is 0.255. The third-order valence-corrected chi connectivity index (χ3v) is 7.09. The van der Waals surface area contributed by atoms with Crippen LogP contribution in [-0.4, -0.2) is 36.3 Å². The molecule has 1 saturated heterocycles. The molecule has 1 aliphatic rings. The first kappa shape index (κ1) is 21.3. The monoisotopic (exact) mass is 417 g/mol. The van der Waals surface area contributed by atoms with Gasteiger partial charge in [-0.05, 0) is 56.9 Å². The lowest BCUT2D eigenvalue weighted by molar-refractivity contribution is -0.116. The molecular weight excluding hydrogens is 390 g/mol. The summed E-state index contributed by atoms with van der Waals surface area (Å²) in [5.41, 5.74) is 3.01. The average Bonchev–Trinajstić information content (AvgIpc) is 2.67. The number of anilines is 1. The molecule has 0 saturated carbocycles. The van der Waals surface area contributed by atoms with E-state index in [9.17, 15) is 18.0 Å². The highest BCUT2D eigenvalue weighted by molar-refractivity contribution is 7.89. The lowest BCUT2D eigenvalue weighted by Crippen LogP contribution is -2.39. The molecule has 2 aromatic rings. The van der Waals surface area contributed by atoms with Crippen LogP contribution in [0.25, 0.3) is 0 Å². The fraction of sp³-hybridized carbons (Fsp3) is 0.429. The maximum Gasteiger partial charge on any atom is 0.271 e. The molecule has 1 aliphatic heterocycles. The first-order valence-corrected chi connectivity index (χ1v) is 11.2. The highest BCUT2D eigenvalue weighted by Gasteiger charge is 2.29. The number of rotatable bonds is 5. The van der Waals surface area contributed by atoms with Gasteiger partial charge in [-0.25, -0.2) is 8.42 Å². The summed E-state index contributed by atoms with van der Waals surface area (Å²) in [4.78, 5) is 25.1. The SMILES string of the molecule is Cc1cc(C)c(NC(=O)Cn2cccc(S(=O)(=O)N3CCCCC3)c2=O)c(C)c1. The Balaban J connectivity index is 1.83. The molecule has 1 amide bonds. The molecule has 0 aliphatic carbocycles. The zero-order chi connectivity index (χ0) is 21.2. The van der Waals surface area contributed by atoms with E-state index in [0.717, 1.165) is 40.5 Å². The molecule has 3 rings (SSSR count). The maximum atomic E-state index is 12.9. The average molecular weight is 418 g/mol. The van der Waals surface area contributed by atoms with Crippen molar-refractivity contribution in [3.8, 4) is 0 Å². The van der Waals surface area contributed by atoms with Crippen LogP contribution >= 0.6 is 0 Å². The number of pyridine rings is 1. The fourth-order valence-electron chi connectivity index (χ4n) is 3.79. The summed E-state index contributed by atoms with van der Waals surface area (Å²) in [5.74, 6) is -0.380. The normalized spacial score (nSPS) is 15.3. The Hall–Kier alpha value is -2.45. The van der Waals surface area contributed by atoms with Gasteiger partial charge in [-0.1, -0.05) is 24.1 Å². The third-order valence-electron chi connectivity index (χ3n) is 5.17. The van der Waals surface area contributed by atoms with Crippen molar-refractivity contribution >= 4 is 21.6 Å². The van der Waals surface area contributed by atoms with Crippen LogP contribution in [0.1, 0.15) is 36.0 Å². The van der Waals surface area contributed by atoms with Gasteiger partial charge >= 0.3 is 0 Å². The summed E-state index contributed by atoms with van der Waals surface area (Å²) in [6.45, 7) is 6.39. The molecular formula is C21H27N3O4S. The van der Waals surface area contributed by atoms with E-state index in [0.29, 0.717) is 18.8 Å². The summed E-state index contributed by atoms with van der Waals surface area (Å²) < 4.78 is 28.2. The Morgan fingerprint density at radius 2 is 1.69 bits per heavy atom. The van der Waals surface area contributed by atoms with Crippen molar-refractivity contribution in [2.75, 3.05) is 18.4 Å². The van der Waals surface area contributed by atoms with Gasteiger partial charge in [-0.2, -0.15) is 4.31 Å². The number of nitrogens with zero attached hydrogens (tertiary/aromatic N) is 2. The molecule has 1 aromatic carbocycles. The highest BCUT2D eigenvalue weighted by Crippen LogP contribution is 2.22. The van der Waals surface area contributed by atoms with Crippen LogP contribution in [0.3, 0.4) is 0 Å². The Morgan fingerprint density at radius 3 is 2.31 bits per heavy atom. The van der Waals surface area contributed by atoms with E-state index in [1.807, 2.05) is 32.9 Å². The minimum atomic E-state index is -3.86. The number of aryl methyl sites for hydroxylation is 3. The topological polar surface area (TPSA) is 88.5 Å². The fourth-order valence-corrected chi connectivity index (χ4v) is 5.40. The number of piperidine rings is 1. The van der Waals surface area contributed by atoms with E-state index >= 15 is 0 Å². The smallest absolute Gasteiger partial charge is 0.271 e. The second-order valence-corrected chi connectivity index (χ2v) is 9.50. The Labute approximate surface area is 171 Å². The van der Waals surface area contributed by atoms with E-state index < -0.39 is 15.6 Å². The van der Waals surface area contributed by atoms with Crippen LogP contribution in [0.5, 0.6) is 0 Å². The number of nitrogens with one attached hydrogen (secondary N) is 1. The van der Waals surface area contributed by atoms with E-state index in [1.165, 1.54) is 22.6 Å². The molecule has 1 N–H and O–H groups in total. The second kappa shape index (κ2) is 8.51. The van der Waals surface area contributed by atoms with Crippen molar-refractivity contribution in [2.24, 2.45) is 0 Å². The van der Waals surface area contributed by atoms with Gasteiger partial charge < -0.3 is 9.88 Å². The van der Waals surface area contributed by atoms with Gasteiger partial charge in [-0.3, -0.25) is 9.59 Å². The highest BCUT2D eigenvalue weighted by atomic mass is 32.2.